The zero-order valence-corrected chi connectivity index (χ0v) is 12.1. The monoisotopic (exact) mass is 378 g/mol. The molecule has 1 aromatic rings. The number of carbonyl (C=O) groups is 1. The van der Waals surface area contributed by atoms with Crippen molar-refractivity contribution in [2.45, 2.75) is 23.4 Å². The fourth-order valence-corrected chi connectivity index (χ4v) is 2.11. The van der Waals surface area contributed by atoms with Crippen molar-refractivity contribution in [1.82, 2.24) is 0 Å². The Bertz CT molecular complexity index is 478. The van der Waals surface area contributed by atoms with Gasteiger partial charge in [-0.2, -0.15) is 22.0 Å². The molecule has 0 unspecified atom stereocenters. The van der Waals surface area contributed by atoms with Crippen LogP contribution in [0, 0.1) is 0 Å². The maximum atomic E-state index is 12.2. The van der Waals surface area contributed by atoms with E-state index in [2.05, 4.69) is 20.7 Å². The van der Waals surface area contributed by atoms with Gasteiger partial charge in [0.15, 0.2) is 0 Å². The van der Waals surface area contributed by atoms with Crippen LogP contribution in [0.1, 0.15) is 5.56 Å². The number of rotatable bonds is 6. The Labute approximate surface area is 123 Å². The molecule has 0 spiro atoms. The maximum Gasteiger partial charge on any atom is 0.446 e. The topological polar surface area (TPSA) is 26.3 Å². The molecule has 0 amide bonds. The summed E-state index contributed by atoms with van der Waals surface area (Å²) in [7, 11) is 0. The van der Waals surface area contributed by atoms with Gasteiger partial charge < -0.3 is 4.74 Å². The predicted octanol–water partition coefficient (Wildman–Crippen LogP) is 4.41. The molecule has 0 saturated heterocycles. The lowest BCUT2D eigenvalue weighted by molar-refractivity contribution is -0.116. The van der Waals surface area contributed by atoms with Crippen LogP contribution in [0.3, 0.4) is 0 Å². The Morgan fingerprint density at radius 3 is 2.50 bits per heavy atom. The van der Waals surface area contributed by atoms with Crippen LogP contribution in [0.2, 0.25) is 0 Å². The third-order valence-electron chi connectivity index (χ3n) is 2.02. The van der Waals surface area contributed by atoms with Crippen molar-refractivity contribution >= 4 is 33.5 Å². The van der Waals surface area contributed by atoms with Gasteiger partial charge in [-0.3, -0.25) is 4.79 Å². The largest absolute Gasteiger partial charge is 0.446 e. The third kappa shape index (κ3) is 6.08. The molecule has 0 N–H and O–H groups in total. The predicted molar refractivity (Wildman–Crippen MR) is 67.5 cm³/mol. The highest BCUT2D eigenvalue weighted by molar-refractivity contribution is 9.09. The molecule has 0 aliphatic rings. The fourth-order valence-electron chi connectivity index (χ4n) is 1.34. The lowest BCUT2D eigenvalue weighted by atomic mass is 10.1. The van der Waals surface area contributed by atoms with Gasteiger partial charge in [0, 0.05) is 16.9 Å². The van der Waals surface area contributed by atoms with E-state index in [1.54, 1.807) is 0 Å². The van der Waals surface area contributed by atoms with Crippen molar-refractivity contribution < 1.29 is 31.5 Å². The van der Waals surface area contributed by atoms with Gasteiger partial charge in [0.25, 0.3) is 0 Å². The normalized spacial score (nSPS) is 11.8. The van der Waals surface area contributed by atoms with Gasteiger partial charge in [-0.15, -0.1) is 0 Å². The van der Waals surface area contributed by atoms with E-state index >= 15 is 0 Å². The molecule has 1 aromatic carbocycles. The highest BCUT2D eigenvalue weighted by atomic mass is 79.9. The molecule has 0 bridgehead atoms. The molecule has 0 aliphatic carbocycles. The number of hydrogen-bond donors (Lipinski definition) is 0. The average Bonchev–Trinajstić information content (AvgIpc) is 2.29. The molecule has 1 rings (SSSR count). The first-order valence-corrected chi connectivity index (χ1v) is 7.06. The first-order valence-electron chi connectivity index (χ1n) is 5.12. The number of Topliss-reactive ketones (excluding diaryl/α,β-unsaturated/α-hetero) is 1. The lowest BCUT2D eigenvalue weighted by Gasteiger charge is -2.12. The molecule has 0 atom stereocenters. The van der Waals surface area contributed by atoms with Crippen LogP contribution in [-0.4, -0.2) is 23.2 Å². The summed E-state index contributed by atoms with van der Waals surface area (Å²) in [4.78, 5) is 11.0. The van der Waals surface area contributed by atoms with E-state index < -0.39 is 29.6 Å². The highest BCUT2D eigenvalue weighted by Crippen LogP contribution is 2.39. The van der Waals surface area contributed by atoms with E-state index in [0.717, 1.165) is 12.1 Å². The Balaban J connectivity index is 3.02. The van der Waals surface area contributed by atoms with E-state index in [-0.39, 0.29) is 28.0 Å². The second kappa shape index (κ2) is 7.26. The molecular weight excluding hydrogens is 371 g/mol. The smallest absolute Gasteiger partial charge is 0.434 e. The van der Waals surface area contributed by atoms with E-state index in [1.807, 2.05) is 0 Å². The molecule has 2 nitrogen and oxygen atoms in total. The number of ketones is 1. The van der Waals surface area contributed by atoms with Gasteiger partial charge in [0.1, 0.15) is 11.5 Å². The fraction of sp³-hybridized carbons (Fsp3) is 0.364. The second-order valence-electron chi connectivity index (χ2n) is 3.54. The number of carbonyl (C=O) groups excluding carboxylic acids is 1. The minimum Gasteiger partial charge on any atom is -0.434 e. The van der Waals surface area contributed by atoms with E-state index in [1.165, 1.54) is 6.07 Å². The van der Waals surface area contributed by atoms with E-state index in [4.69, 9.17) is 0 Å². The van der Waals surface area contributed by atoms with Crippen molar-refractivity contribution in [1.29, 1.82) is 0 Å². The SMILES string of the molecule is O=C(CBr)Cc1ccc(SC(F)(F)F)cc1OC(F)F. The van der Waals surface area contributed by atoms with Gasteiger partial charge in [0.2, 0.25) is 0 Å². The Hall–Kier alpha value is -0.830. The molecule has 112 valence electrons. The molecule has 20 heavy (non-hydrogen) atoms. The van der Waals surface area contributed by atoms with Crippen LogP contribution in [0.15, 0.2) is 23.1 Å². The van der Waals surface area contributed by atoms with Crippen molar-refractivity contribution in [3.63, 3.8) is 0 Å². The third-order valence-corrected chi connectivity index (χ3v) is 3.37. The molecule has 0 aromatic heterocycles. The van der Waals surface area contributed by atoms with Crippen LogP contribution in [-0.2, 0) is 11.2 Å². The summed E-state index contributed by atoms with van der Waals surface area (Å²) >= 11 is 2.47. The molecule has 0 fully saturated rings. The van der Waals surface area contributed by atoms with Crippen LogP contribution in [0.25, 0.3) is 0 Å². The second-order valence-corrected chi connectivity index (χ2v) is 5.24. The van der Waals surface area contributed by atoms with Crippen molar-refractivity contribution in [2.75, 3.05) is 5.33 Å². The summed E-state index contributed by atoms with van der Waals surface area (Å²) in [5.41, 5.74) is -4.42. The zero-order chi connectivity index (χ0) is 15.3. The number of halogens is 6. The molecule has 0 aliphatic heterocycles. The van der Waals surface area contributed by atoms with Crippen molar-refractivity contribution in [3.8, 4) is 5.75 Å². The number of benzene rings is 1. The van der Waals surface area contributed by atoms with Gasteiger partial charge in [-0.1, -0.05) is 22.0 Å². The minimum atomic E-state index is -4.53. The molecular formula is C11H8BrF5O2S. The number of alkyl halides is 6. The summed E-state index contributed by atoms with van der Waals surface area (Å²) < 4.78 is 65.3. The van der Waals surface area contributed by atoms with Crippen molar-refractivity contribution in [2.24, 2.45) is 0 Å². The number of thioether (sulfide) groups is 1. The quantitative estimate of drug-likeness (QED) is 0.416. The van der Waals surface area contributed by atoms with Crippen LogP contribution < -0.4 is 4.74 Å². The summed E-state index contributed by atoms with van der Waals surface area (Å²) in [6, 6.07) is 3.13. The first-order chi connectivity index (χ1) is 9.21. The molecule has 0 saturated carbocycles. The van der Waals surface area contributed by atoms with E-state index in [0.29, 0.717) is 0 Å². The number of ether oxygens (including phenoxy) is 1. The Morgan fingerprint density at radius 2 is 2.00 bits per heavy atom. The maximum absolute atomic E-state index is 12.2. The van der Waals surface area contributed by atoms with Crippen LogP contribution in [0.4, 0.5) is 22.0 Å². The van der Waals surface area contributed by atoms with Crippen LogP contribution >= 0.6 is 27.7 Å². The average molecular weight is 379 g/mol. The summed E-state index contributed by atoms with van der Waals surface area (Å²) in [5, 5.41) is 0.0141. The summed E-state index contributed by atoms with van der Waals surface area (Å²) in [6.07, 6.45) is -0.204. The standard InChI is InChI=1S/C11H8BrF5O2S/c12-5-7(18)3-6-1-2-8(20-11(15,16)17)4-9(6)19-10(13)14/h1-2,4,10H,3,5H2. The minimum absolute atomic E-state index is 0.0141. The summed E-state index contributed by atoms with van der Waals surface area (Å²) in [5.74, 6) is -0.733. The highest BCUT2D eigenvalue weighted by Gasteiger charge is 2.29. The summed E-state index contributed by atoms with van der Waals surface area (Å²) in [6.45, 7) is -3.18. The van der Waals surface area contributed by atoms with Gasteiger partial charge in [0.05, 0.1) is 5.33 Å². The molecule has 9 heteroatoms. The van der Waals surface area contributed by atoms with Gasteiger partial charge in [-0.05, 0) is 23.9 Å². The first kappa shape index (κ1) is 17.2. The Kier molecular flexibility index (Phi) is 6.25. The van der Waals surface area contributed by atoms with Crippen molar-refractivity contribution in [3.05, 3.63) is 23.8 Å². The molecule has 0 radical (unpaired) electrons. The van der Waals surface area contributed by atoms with E-state index in [9.17, 15) is 26.7 Å². The van der Waals surface area contributed by atoms with Gasteiger partial charge in [-0.25, -0.2) is 0 Å². The zero-order valence-electron chi connectivity index (χ0n) is 9.72. The Morgan fingerprint density at radius 1 is 1.35 bits per heavy atom. The van der Waals surface area contributed by atoms with Gasteiger partial charge >= 0.3 is 12.1 Å². The number of hydrogen-bond acceptors (Lipinski definition) is 3. The lowest BCUT2D eigenvalue weighted by Crippen LogP contribution is -2.09. The molecule has 0 heterocycles. The van der Waals surface area contributed by atoms with Crippen LogP contribution in [0.5, 0.6) is 5.75 Å².